The molecular formula is C30H26ClFN6O3. The molecule has 11 heteroatoms. The number of hydrogen-bond acceptors (Lipinski definition) is 6. The summed E-state index contributed by atoms with van der Waals surface area (Å²) in [7, 11) is 1.53. The summed E-state index contributed by atoms with van der Waals surface area (Å²) in [5, 5.41) is 3.07. The average Bonchev–Trinajstić information content (AvgIpc) is 3.57. The fourth-order valence-electron chi connectivity index (χ4n) is 6.06. The van der Waals surface area contributed by atoms with Crippen molar-refractivity contribution in [1.82, 2.24) is 19.5 Å². The predicted molar refractivity (Wildman–Crippen MR) is 151 cm³/mol. The number of ether oxygens (including phenoxy) is 1. The van der Waals surface area contributed by atoms with Crippen molar-refractivity contribution >= 4 is 34.8 Å². The Hall–Kier alpha value is -4.31. The van der Waals surface area contributed by atoms with E-state index in [1.807, 2.05) is 43.5 Å². The molecule has 0 saturated heterocycles. The summed E-state index contributed by atoms with van der Waals surface area (Å²) in [4.78, 5) is 44.0. The van der Waals surface area contributed by atoms with Gasteiger partial charge in [-0.3, -0.25) is 14.5 Å². The van der Waals surface area contributed by atoms with E-state index in [0.29, 0.717) is 46.0 Å². The number of carbonyl (C=O) groups is 2. The summed E-state index contributed by atoms with van der Waals surface area (Å²) in [6, 6.07) is 9.13. The Kier molecular flexibility index (Phi) is 5.53. The van der Waals surface area contributed by atoms with Crippen LogP contribution in [-0.4, -0.2) is 38.4 Å². The van der Waals surface area contributed by atoms with Crippen LogP contribution in [0.3, 0.4) is 0 Å². The van der Waals surface area contributed by atoms with Crippen LogP contribution in [0, 0.1) is 12.7 Å². The lowest BCUT2D eigenvalue weighted by atomic mass is 9.86. The fourth-order valence-corrected chi connectivity index (χ4v) is 6.28. The molecule has 0 bridgehead atoms. The summed E-state index contributed by atoms with van der Waals surface area (Å²) < 4.78 is 22.2. The highest BCUT2D eigenvalue weighted by atomic mass is 35.5. The number of benzene rings is 2. The Labute approximate surface area is 240 Å². The van der Waals surface area contributed by atoms with Crippen LogP contribution in [-0.2, 0) is 10.3 Å². The number of amides is 2. The summed E-state index contributed by atoms with van der Waals surface area (Å²) in [6.45, 7) is 5.81. The van der Waals surface area contributed by atoms with Gasteiger partial charge in [0.05, 0.1) is 24.1 Å². The lowest BCUT2D eigenvalue weighted by Gasteiger charge is -2.35. The minimum absolute atomic E-state index is 0.0750. The first-order valence-electron chi connectivity index (χ1n) is 13.4. The Morgan fingerprint density at radius 3 is 2.61 bits per heavy atom. The number of anilines is 2. The number of nitrogens with one attached hydrogen (secondary N) is 1. The van der Waals surface area contributed by atoms with Crippen molar-refractivity contribution in [1.29, 1.82) is 0 Å². The van der Waals surface area contributed by atoms with Crippen LogP contribution in [0.25, 0.3) is 11.4 Å². The van der Waals surface area contributed by atoms with Crippen molar-refractivity contribution in [3.05, 3.63) is 81.8 Å². The second-order valence-electron chi connectivity index (χ2n) is 11.0. The molecule has 7 rings (SSSR count). The number of hydrogen-bond donors (Lipinski definition) is 1. The number of rotatable bonds is 5. The normalized spacial score (nSPS) is 19.2. The van der Waals surface area contributed by atoms with Crippen molar-refractivity contribution in [3.63, 3.8) is 0 Å². The molecule has 1 N–H and O–H groups in total. The molecule has 4 heterocycles. The van der Waals surface area contributed by atoms with E-state index in [-0.39, 0.29) is 22.4 Å². The maximum atomic E-state index is 14.7. The Balaban J connectivity index is 1.55. The standard InChI is InChI=1S/C30H26ClFN6O3/c1-14(2)37-24-23(35-26(37)20-13-33-25(16-6-7-16)36-27(20)41-4)28(39)38(19-11-17(31)10-18(32)12-19)30(24)21-8-5-15(3)9-22(21)34-29(30)40/h5,8-14,16H,6-7H2,1-4H3,(H,34,40). The van der Waals surface area contributed by atoms with Crippen LogP contribution >= 0.6 is 11.6 Å². The van der Waals surface area contributed by atoms with Gasteiger partial charge in [-0.25, -0.2) is 14.4 Å². The van der Waals surface area contributed by atoms with Gasteiger partial charge in [0.15, 0.2) is 11.2 Å². The maximum Gasteiger partial charge on any atom is 0.280 e. The van der Waals surface area contributed by atoms with Gasteiger partial charge >= 0.3 is 0 Å². The Bertz CT molecular complexity index is 1780. The van der Waals surface area contributed by atoms with Gasteiger partial charge in [0.1, 0.15) is 17.5 Å². The maximum absolute atomic E-state index is 14.7. The van der Waals surface area contributed by atoms with Crippen LogP contribution in [0.5, 0.6) is 5.88 Å². The van der Waals surface area contributed by atoms with E-state index in [2.05, 4.69) is 15.3 Å². The van der Waals surface area contributed by atoms with Crippen LogP contribution < -0.4 is 15.0 Å². The third-order valence-corrected chi connectivity index (χ3v) is 8.13. The molecule has 208 valence electrons. The zero-order valence-electron chi connectivity index (χ0n) is 22.8. The van der Waals surface area contributed by atoms with Crippen LogP contribution in [0.15, 0.2) is 42.6 Å². The average molecular weight is 573 g/mol. The van der Waals surface area contributed by atoms with Gasteiger partial charge in [-0.15, -0.1) is 0 Å². The van der Waals surface area contributed by atoms with Crippen molar-refractivity contribution in [3.8, 4) is 17.3 Å². The molecule has 3 aliphatic rings. The number of imidazole rings is 1. The van der Waals surface area contributed by atoms with Gasteiger partial charge in [-0.1, -0.05) is 23.7 Å². The lowest BCUT2D eigenvalue weighted by Crippen LogP contribution is -2.51. The van der Waals surface area contributed by atoms with Crippen LogP contribution in [0.2, 0.25) is 5.02 Å². The summed E-state index contributed by atoms with van der Waals surface area (Å²) >= 11 is 6.25. The van der Waals surface area contributed by atoms with Crippen molar-refractivity contribution in [2.45, 2.75) is 51.1 Å². The van der Waals surface area contributed by atoms with Gasteiger partial charge < -0.3 is 14.6 Å². The number of halogens is 2. The quantitative estimate of drug-likeness (QED) is 0.326. The first-order chi connectivity index (χ1) is 19.6. The molecule has 1 fully saturated rings. The first-order valence-corrected chi connectivity index (χ1v) is 13.8. The van der Waals surface area contributed by atoms with Crippen molar-refractivity contribution in [2.24, 2.45) is 0 Å². The molecule has 1 saturated carbocycles. The van der Waals surface area contributed by atoms with Gasteiger partial charge in [0.25, 0.3) is 11.8 Å². The van der Waals surface area contributed by atoms with Gasteiger partial charge in [0, 0.05) is 34.4 Å². The molecule has 2 aromatic carbocycles. The van der Waals surface area contributed by atoms with E-state index in [1.54, 1.807) is 6.20 Å². The third kappa shape index (κ3) is 3.56. The second-order valence-corrected chi connectivity index (χ2v) is 11.4. The predicted octanol–water partition coefficient (Wildman–Crippen LogP) is 5.76. The molecule has 41 heavy (non-hydrogen) atoms. The van der Waals surface area contributed by atoms with Gasteiger partial charge in [-0.2, -0.15) is 4.98 Å². The molecule has 1 atom stereocenters. The molecule has 2 aliphatic heterocycles. The smallest absolute Gasteiger partial charge is 0.280 e. The molecule has 1 aliphatic carbocycles. The SMILES string of the molecule is COc1nc(C2CC2)ncc1-c1nc2c(n1C(C)C)C1(C(=O)Nc3cc(C)ccc31)N(c1cc(F)cc(Cl)c1)C2=O. The number of methoxy groups -OCH3 is 1. The fraction of sp³-hybridized carbons (Fsp3) is 0.300. The van der Waals surface area contributed by atoms with E-state index in [1.165, 1.54) is 24.1 Å². The number of aryl methyl sites for hydroxylation is 1. The van der Waals surface area contributed by atoms with Gasteiger partial charge in [0.2, 0.25) is 5.88 Å². The molecule has 0 radical (unpaired) electrons. The minimum atomic E-state index is -1.68. The van der Waals surface area contributed by atoms with Crippen molar-refractivity contribution < 1.29 is 18.7 Å². The van der Waals surface area contributed by atoms with Crippen LogP contribution in [0.4, 0.5) is 15.8 Å². The van der Waals surface area contributed by atoms with E-state index in [0.717, 1.165) is 24.5 Å². The topological polar surface area (TPSA) is 102 Å². The highest BCUT2D eigenvalue weighted by Gasteiger charge is 2.64. The monoisotopic (exact) mass is 572 g/mol. The Morgan fingerprint density at radius 1 is 1.15 bits per heavy atom. The van der Waals surface area contributed by atoms with E-state index in [4.69, 9.17) is 21.3 Å². The Morgan fingerprint density at radius 2 is 1.93 bits per heavy atom. The second kappa shape index (κ2) is 8.84. The zero-order valence-corrected chi connectivity index (χ0v) is 23.6. The summed E-state index contributed by atoms with van der Waals surface area (Å²) in [6.07, 6.45) is 3.73. The zero-order chi connectivity index (χ0) is 28.8. The van der Waals surface area contributed by atoms with Gasteiger partial charge in [-0.05, 0) is 63.4 Å². The largest absolute Gasteiger partial charge is 0.480 e. The molecule has 4 aromatic rings. The number of nitrogens with zero attached hydrogens (tertiary/aromatic N) is 5. The highest BCUT2D eigenvalue weighted by Crippen LogP contribution is 2.54. The van der Waals surface area contributed by atoms with E-state index < -0.39 is 23.2 Å². The van der Waals surface area contributed by atoms with Crippen molar-refractivity contribution in [2.75, 3.05) is 17.3 Å². The molecule has 1 spiro atoms. The molecule has 1 unspecified atom stereocenters. The summed E-state index contributed by atoms with van der Waals surface area (Å²) in [5.74, 6) is 0.129. The number of fused-ring (bicyclic) bond motifs is 4. The van der Waals surface area contributed by atoms with Crippen LogP contribution in [0.1, 0.15) is 71.8 Å². The lowest BCUT2D eigenvalue weighted by molar-refractivity contribution is -0.119. The van der Waals surface area contributed by atoms with E-state index >= 15 is 0 Å². The number of aromatic nitrogens is 4. The minimum Gasteiger partial charge on any atom is -0.480 e. The molecule has 9 nitrogen and oxygen atoms in total. The number of carbonyl (C=O) groups excluding carboxylic acids is 2. The first kappa shape index (κ1) is 25.6. The molecule has 2 amide bonds. The highest BCUT2D eigenvalue weighted by molar-refractivity contribution is 6.31. The molecular weight excluding hydrogens is 547 g/mol. The third-order valence-electron chi connectivity index (χ3n) is 7.91. The molecule has 2 aromatic heterocycles. The van der Waals surface area contributed by atoms with E-state index in [9.17, 15) is 14.0 Å². The summed E-state index contributed by atoms with van der Waals surface area (Å²) in [5.41, 5.74) is 1.48.